The molecule has 100 valence electrons. The molecule has 2 rings (SSSR count). The van der Waals surface area contributed by atoms with Gasteiger partial charge in [0, 0.05) is 36.0 Å². The van der Waals surface area contributed by atoms with Gasteiger partial charge in [-0.15, -0.1) is 0 Å². The highest BCUT2D eigenvalue weighted by molar-refractivity contribution is 5.32. The Morgan fingerprint density at radius 1 is 1.37 bits per heavy atom. The van der Waals surface area contributed by atoms with Crippen LogP contribution in [0.25, 0.3) is 0 Å². The summed E-state index contributed by atoms with van der Waals surface area (Å²) in [6.07, 6.45) is 2.23. The van der Waals surface area contributed by atoms with Gasteiger partial charge < -0.3 is 10.5 Å². The van der Waals surface area contributed by atoms with Gasteiger partial charge in [-0.1, -0.05) is 12.1 Å². The number of aromatic nitrogens is 1. The molecule has 19 heavy (non-hydrogen) atoms. The molecule has 1 aromatic carbocycles. The molecule has 2 aromatic rings. The number of ether oxygens (including phenoxy) is 1. The van der Waals surface area contributed by atoms with Gasteiger partial charge in [0.25, 0.3) is 0 Å². The van der Waals surface area contributed by atoms with Crippen molar-refractivity contribution in [2.24, 2.45) is 5.73 Å². The van der Waals surface area contributed by atoms with Crippen LogP contribution in [0.4, 0.5) is 4.39 Å². The molecule has 1 unspecified atom stereocenters. The average Bonchev–Trinajstić information content (AvgIpc) is 2.41. The Morgan fingerprint density at radius 3 is 2.79 bits per heavy atom. The lowest BCUT2D eigenvalue weighted by Gasteiger charge is -2.14. The summed E-state index contributed by atoms with van der Waals surface area (Å²) < 4.78 is 18.9. The fourth-order valence-electron chi connectivity index (χ4n) is 1.99. The third-order valence-corrected chi connectivity index (χ3v) is 3.14. The fourth-order valence-corrected chi connectivity index (χ4v) is 1.99. The molecule has 0 aliphatic carbocycles. The number of nitrogens with zero attached hydrogens (tertiary/aromatic N) is 1. The normalized spacial score (nSPS) is 12.2. The van der Waals surface area contributed by atoms with Crippen molar-refractivity contribution in [2.75, 3.05) is 7.11 Å². The van der Waals surface area contributed by atoms with Crippen molar-refractivity contribution < 1.29 is 9.13 Å². The minimum absolute atomic E-state index is 0.347. The summed E-state index contributed by atoms with van der Waals surface area (Å²) in [6.45, 7) is 1.97. The monoisotopic (exact) mass is 260 g/mol. The zero-order valence-corrected chi connectivity index (χ0v) is 11.1. The summed E-state index contributed by atoms with van der Waals surface area (Å²) in [5.74, 6) is 0.142. The van der Waals surface area contributed by atoms with E-state index in [9.17, 15) is 4.39 Å². The molecule has 4 heteroatoms. The van der Waals surface area contributed by atoms with E-state index >= 15 is 0 Å². The first-order chi connectivity index (χ1) is 9.11. The maximum atomic E-state index is 13.9. The molecule has 1 atom stereocenters. The van der Waals surface area contributed by atoms with Crippen LogP contribution in [0, 0.1) is 12.7 Å². The molecular weight excluding hydrogens is 243 g/mol. The number of nitrogens with two attached hydrogens (primary N) is 1. The van der Waals surface area contributed by atoms with Gasteiger partial charge in [-0.3, -0.25) is 4.98 Å². The van der Waals surface area contributed by atoms with Gasteiger partial charge in [0.15, 0.2) is 0 Å². The van der Waals surface area contributed by atoms with Crippen LogP contribution in [-0.2, 0) is 6.42 Å². The lowest BCUT2D eigenvalue weighted by Crippen LogP contribution is -2.16. The Hall–Kier alpha value is -1.94. The van der Waals surface area contributed by atoms with E-state index in [4.69, 9.17) is 10.5 Å². The molecule has 0 radical (unpaired) electrons. The number of hydrogen-bond donors (Lipinski definition) is 1. The maximum Gasteiger partial charge on any atom is 0.131 e. The quantitative estimate of drug-likeness (QED) is 0.919. The van der Waals surface area contributed by atoms with E-state index in [0.29, 0.717) is 17.7 Å². The first-order valence-electron chi connectivity index (χ1n) is 6.11. The number of pyridine rings is 1. The molecule has 1 heterocycles. The van der Waals surface area contributed by atoms with Crippen molar-refractivity contribution in [1.29, 1.82) is 0 Å². The molecule has 2 N–H and O–H groups in total. The Bertz CT molecular complexity index is 572. The van der Waals surface area contributed by atoms with E-state index in [-0.39, 0.29) is 5.82 Å². The van der Waals surface area contributed by atoms with Crippen LogP contribution < -0.4 is 10.5 Å². The lowest BCUT2D eigenvalue weighted by atomic mass is 10.00. The summed E-state index contributed by atoms with van der Waals surface area (Å²) in [4.78, 5) is 4.28. The summed E-state index contributed by atoms with van der Waals surface area (Å²) in [5, 5.41) is 0. The van der Waals surface area contributed by atoms with Gasteiger partial charge in [-0.2, -0.15) is 0 Å². The highest BCUT2D eigenvalue weighted by Crippen LogP contribution is 2.23. The first-order valence-corrected chi connectivity index (χ1v) is 6.11. The summed E-state index contributed by atoms with van der Waals surface area (Å²) >= 11 is 0. The van der Waals surface area contributed by atoms with E-state index < -0.39 is 6.04 Å². The molecular formula is C15H17FN2O. The molecule has 0 spiro atoms. The van der Waals surface area contributed by atoms with Gasteiger partial charge in [0.05, 0.1) is 7.11 Å². The highest BCUT2D eigenvalue weighted by Gasteiger charge is 2.14. The van der Waals surface area contributed by atoms with Crippen LogP contribution >= 0.6 is 0 Å². The van der Waals surface area contributed by atoms with Crippen molar-refractivity contribution in [3.8, 4) is 5.75 Å². The van der Waals surface area contributed by atoms with E-state index in [1.165, 1.54) is 13.2 Å². The largest absolute Gasteiger partial charge is 0.497 e. The van der Waals surface area contributed by atoms with Gasteiger partial charge in [-0.25, -0.2) is 4.39 Å². The highest BCUT2D eigenvalue weighted by atomic mass is 19.1. The number of rotatable bonds is 4. The van der Waals surface area contributed by atoms with Crippen LogP contribution in [0.3, 0.4) is 0 Å². The van der Waals surface area contributed by atoms with Crippen molar-refractivity contribution in [3.63, 3.8) is 0 Å². The minimum Gasteiger partial charge on any atom is -0.497 e. The second-order valence-electron chi connectivity index (χ2n) is 4.47. The lowest BCUT2D eigenvalue weighted by molar-refractivity contribution is 0.410. The number of methoxy groups -OCH3 is 1. The molecule has 0 aliphatic rings. The molecule has 3 nitrogen and oxygen atoms in total. The van der Waals surface area contributed by atoms with E-state index in [0.717, 1.165) is 11.3 Å². The minimum atomic E-state index is -0.417. The molecule has 0 saturated heterocycles. The Morgan fingerprint density at radius 2 is 2.16 bits per heavy atom. The smallest absolute Gasteiger partial charge is 0.131 e. The molecule has 1 aromatic heterocycles. The van der Waals surface area contributed by atoms with Crippen LogP contribution in [0.1, 0.15) is 22.9 Å². The fraction of sp³-hybridized carbons (Fsp3) is 0.267. The van der Waals surface area contributed by atoms with Crippen LogP contribution in [-0.4, -0.2) is 12.1 Å². The number of halogens is 1. The zero-order valence-electron chi connectivity index (χ0n) is 11.1. The molecule has 0 amide bonds. The van der Waals surface area contributed by atoms with Crippen molar-refractivity contribution >= 4 is 0 Å². The van der Waals surface area contributed by atoms with Crippen molar-refractivity contribution in [3.05, 3.63) is 59.2 Å². The standard InChI is InChI=1S/C15H17FN2O/c1-10-4-3-7-18-15(10)9-14(17)12-6-5-11(19-2)8-13(12)16/h3-8,14H,9,17H2,1-2H3. The predicted octanol–water partition coefficient (Wildman–Crippen LogP) is 2.78. The van der Waals surface area contributed by atoms with E-state index in [1.807, 2.05) is 19.1 Å². The second kappa shape index (κ2) is 5.80. The Labute approximate surface area is 112 Å². The summed E-state index contributed by atoms with van der Waals surface area (Å²) in [5.41, 5.74) is 8.50. The van der Waals surface area contributed by atoms with Crippen LogP contribution in [0.2, 0.25) is 0 Å². The molecule has 0 bridgehead atoms. The van der Waals surface area contributed by atoms with Gasteiger partial charge >= 0.3 is 0 Å². The van der Waals surface area contributed by atoms with E-state index in [1.54, 1.807) is 18.3 Å². The summed E-state index contributed by atoms with van der Waals surface area (Å²) in [6, 6.07) is 8.15. The van der Waals surface area contributed by atoms with Crippen LogP contribution in [0.5, 0.6) is 5.75 Å². The number of benzene rings is 1. The number of hydrogen-bond acceptors (Lipinski definition) is 3. The third kappa shape index (κ3) is 3.09. The van der Waals surface area contributed by atoms with Crippen molar-refractivity contribution in [1.82, 2.24) is 4.98 Å². The van der Waals surface area contributed by atoms with E-state index in [2.05, 4.69) is 4.98 Å². The average molecular weight is 260 g/mol. The summed E-state index contributed by atoms with van der Waals surface area (Å²) in [7, 11) is 1.51. The van der Waals surface area contributed by atoms with Gasteiger partial charge in [-0.05, 0) is 24.6 Å². The Balaban J connectivity index is 2.21. The number of aryl methyl sites for hydroxylation is 1. The predicted molar refractivity (Wildman–Crippen MR) is 72.6 cm³/mol. The topological polar surface area (TPSA) is 48.1 Å². The van der Waals surface area contributed by atoms with Gasteiger partial charge in [0.1, 0.15) is 11.6 Å². The Kier molecular flexibility index (Phi) is 4.12. The zero-order chi connectivity index (χ0) is 13.8. The molecule has 0 aliphatic heterocycles. The molecule has 0 saturated carbocycles. The van der Waals surface area contributed by atoms with Crippen molar-refractivity contribution in [2.45, 2.75) is 19.4 Å². The maximum absolute atomic E-state index is 13.9. The second-order valence-corrected chi connectivity index (χ2v) is 4.47. The SMILES string of the molecule is COc1ccc(C(N)Cc2ncccc2C)c(F)c1. The first kappa shape index (κ1) is 13.5. The third-order valence-electron chi connectivity index (χ3n) is 3.14. The molecule has 0 fully saturated rings. The van der Waals surface area contributed by atoms with Crippen LogP contribution in [0.15, 0.2) is 36.5 Å². The van der Waals surface area contributed by atoms with Gasteiger partial charge in [0.2, 0.25) is 0 Å².